The van der Waals surface area contributed by atoms with Gasteiger partial charge in [-0.1, -0.05) is 11.6 Å². The average molecular weight is 379 g/mol. The van der Waals surface area contributed by atoms with Crippen LogP contribution < -0.4 is 10.0 Å². The number of benzene rings is 1. The van der Waals surface area contributed by atoms with Crippen LogP contribution in [0, 0.1) is 0 Å². The van der Waals surface area contributed by atoms with Gasteiger partial charge in [0.05, 0.1) is 11.2 Å². The number of hydrogen-bond acceptors (Lipinski definition) is 6. The highest BCUT2D eigenvalue weighted by Crippen LogP contribution is 2.18. The van der Waals surface area contributed by atoms with Crippen LogP contribution in [0.4, 0.5) is 11.5 Å². The van der Waals surface area contributed by atoms with Gasteiger partial charge in [-0.2, -0.15) is 0 Å². The van der Waals surface area contributed by atoms with Crippen LogP contribution in [0.3, 0.4) is 0 Å². The average Bonchev–Trinajstić information content (AvgIpc) is 3.12. The van der Waals surface area contributed by atoms with E-state index in [4.69, 9.17) is 16.0 Å². The van der Waals surface area contributed by atoms with Crippen molar-refractivity contribution in [3.8, 4) is 0 Å². The molecule has 2 aromatic heterocycles. The third-order valence-corrected chi connectivity index (χ3v) is 4.61. The summed E-state index contributed by atoms with van der Waals surface area (Å²) in [6.07, 6.45) is 1.38. The molecule has 0 atom stereocenters. The van der Waals surface area contributed by atoms with Crippen LogP contribution in [0.5, 0.6) is 0 Å². The molecule has 0 fully saturated rings. The van der Waals surface area contributed by atoms with Gasteiger partial charge in [0.25, 0.3) is 15.9 Å². The lowest BCUT2D eigenvalue weighted by Crippen LogP contribution is -2.15. The van der Waals surface area contributed by atoms with E-state index in [1.165, 1.54) is 48.7 Å². The van der Waals surface area contributed by atoms with E-state index in [0.717, 1.165) is 0 Å². The standard InChI is InChI=1S/C15H11ClN4O4S/c16-13-7-8-14(19-18-13)20-25(22,23)11-5-3-10(4-6-11)17-15(21)12-2-1-9-24-12/h1-9H,(H,17,21)(H,19,20). The maximum Gasteiger partial charge on any atom is 0.291 e. The van der Waals surface area contributed by atoms with Crippen molar-refractivity contribution in [3.63, 3.8) is 0 Å². The third-order valence-electron chi connectivity index (χ3n) is 3.04. The predicted molar refractivity (Wildman–Crippen MR) is 91.0 cm³/mol. The zero-order valence-corrected chi connectivity index (χ0v) is 14.1. The summed E-state index contributed by atoms with van der Waals surface area (Å²) in [6.45, 7) is 0. The Hall–Kier alpha value is -2.91. The second-order valence-electron chi connectivity index (χ2n) is 4.80. The molecule has 128 valence electrons. The number of hydrogen-bond donors (Lipinski definition) is 2. The second kappa shape index (κ2) is 6.91. The van der Waals surface area contributed by atoms with E-state index in [-0.39, 0.29) is 21.6 Å². The SMILES string of the molecule is O=C(Nc1ccc(S(=O)(=O)Nc2ccc(Cl)nn2)cc1)c1ccco1. The Morgan fingerprint density at radius 3 is 2.40 bits per heavy atom. The summed E-state index contributed by atoms with van der Waals surface area (Å²) >= 11 is 5.60. The number of nitrogens with zero attached hydrogens (tertiary/aromatic N) is 2. The Bertz CT molecular complexity index is 971. The third kappa shape index (κ3) is 4.14. The number of halogens is 1. The Morgan fingerprint density at radius 1 is 1.04 bits per heavy atom. The molecule has 1 amide bonds. The maximum absolute atomic E-state index is 12.3. The van der Waals surface area contributed by atoms with E-state index in [2.05, 4.69) is 20.2 Å². The molecule has 0 saturated heterocycles. The van der Waals surface area contributed by atoms with Gasteiger partial charge in [0.2, 0.25) is 0 Å². The minimum atomic E-state index is -3.84. The zero-order chi connectivity index (χ0) is 17.9. The normalized spacial score (nSPS) is 11.1. The fourth-order valence-corrected chi connectivity index (χ4v) is 2.98. The monoisotopic (exact) mass is 378 g/mol. The molecule has 1 aromatic carbocycles. The van der Waals surface area contributed by atoms with Crippen LogP contribution in [0.1, 0.15) is 10.6 Å². The molecule has 0 unspecified atom stereocenters. The van der Waals surface area contributed by atoms with Crippen molar-refractivity contribution in [2.45, 2.75) is 4.90 Å². The van der Waals surface area contributed by atoms with Crippen LogP contribution >= 0.6 is 11.6 Å². The Labute approximate surface area is 147 Å². The second-order valence-corrected chi connectivity index (χ2v) is 6.87. The maximum atomic E-state index is 12.3. The van der Waals surface area contributed by atoms with E-state index in [9.17, 15) is 13.2 Å². The van der Waals surface area contributed by atoms with Gasteiger partial charge in [-0.25, -0.2) is 8.42 Å². The lowest BCUT2D eigenvalue weighted by atomic mass is 10.3. The van der Waals surface area contributed by atoms with Gasteiger partial charge in [0.1, 0.15) is 0 Å². The minimum absolute atomic E-state index is 0.000229. The summed E-state index contributed by atoms with van der Waals surface area (Å²) in [7, 11) is -3.84. The highest BCUT2D eigenvalue weighted by molar-refractivity contribution is 7.92. The summed E-state index contributed by atoms with van der Waals surface area (Å²) in [6, 6.07) is 11.5. The minimum Gasteiger partial charge on any atom is -0.459 e. The number of sulfonamides is 1. The predicted octanol–water partition coefficient (Wildman–Crippen LogP) is 2.78. The Morgan fingerprint density at radius 2 is 1.80 bits per heavy atom. The summed E-state index contributed by atoms with van der Waals surface area (Å²) in [5.41, 5.74) is 0.423. The summed E-state index contributed by atoms with van der Waals surface area (Å²) < 4.78 is 31.8. The molecule has 2 heterocycles. The van der Waals surface area contributed by atoms with Gasteiger partial charge in [-0.05, 0) is 48.5 Å². The van der Waals surface area contributed by atoms with Crippen LogP contribution in [-0.2, 0) is 10.0 Å². The number of amides is 1. The summed E-state index contributed by atoms with van der Waals surface area (Å²) in [5.74, 6) is -0.241. The molecule has 0 aliphatic rings. The van der Waals surface area contributed by atoms with Gasteiger partial charge in [-0.3, -0.25) is 9.52 Å². The fraction of sp³-hybridized carbons (Fsp3) is 0. The van der Waals surface area contributed by atoms with Gasteiger partial charge in [0.15, 0.2) is 16.7 Å². The quantitative estimate of drug-likeness (QED) is 0.705. The first-order valence-corrected chi connectivity index (χ1v) is 8.77. The largest absolute Gasteiger partial charge is 0.459 e. The number of furan rings is 1. The topological polar surface area (TPSA) is 114 Å². The number of carbonyl (C=O) groups excluding carboxylic acids is 1. The molecule has 8 nitrogen and oxygen atoms in total. The van der Waals surface area contributed by atoms with Gasteiger partial charge in [-0.15, -0.1) is 10.2 Å². The number of nitrogens with one attached hydrogen (secondary N) is 2. The first-order chi connectivity index (χ1) is 11.9. The lowest BCUT2D eigenvalue weighted by Gasteiger charge is -2.08. The molecule has 3 aromatic rings. The molecular formula is C15H11ClN4O4S. The van der Waals surface area contributed by atoms with Gasteiger partial charge >= 0.3 is 0 Å². The van der Waals surface area contributed by atoms with Crippen molar-refractivity contribution >= 4 is 39.0 Å². The molecular weight excluding hydrogens is 368 g/mol. The van der Waals surface area contributed by atoms with E-state index >= 15 is 0 Å². The van der Waals surface area contributed by atoms with Crippen molar-refractivity contribution in [2.75, 3.05) is 10.0 Å². The molecule has 25 heavy (non-hydrogen) atoms. The number of aromatic nitrogens is 2. The van der Waals surface area contributed by atoms with E-state index in [1.807, 2.05) is 0 Å². The van der Waals surface area contributed by atoms with Crippen LogP contribution in [0.25, 0.3) is 0 Å². The lowest BCUT2D eigenvalue weighted by molar-refractivity contribution is 0.0996. The van der Waals surface area contributed by atoms with Crippen molar-refractivity contribution in [2.24, 2.45) is 0 Å². The highest BCUT2D eigenvalue weighted by Gasteiger charge is 2.16. The van der Waals surface area contributed by atoms with E-state index < -0.39 is 15.9 Å². The molecule has 0 bridgehead atoms. The molecule has 0 radical (unpaired) electrons. The molecule has 10 heteroatoms. The Balaban J connectivity index is 1.72. The molecule has 0 aliphatic heterocycles. The summed E-state index contributed by atoms with van der Waals surface area (Å²) in [4.78, 5) is 11.9. The van der Waals surface area contributed by atoms with Crippen molar-refractivity contribution in [1.29, 1.82) is 0 Å². The number of anilines is 2. The summed E-state index contributed by atoms with van der Waals surface area (Å²) in [5, 5.41) is 9.94. The zero-order valence-electron chi connectivity index (χ0n) is 12.5. The number of carbonyl (C=O) groups is 1. The molecule has 0 saturated carbocycles. The van der Waals surface area contributed by atoms with E-state index in [0.29, 0.717) is 5.69 Å². The van der Waals surface area contributed by atoms with Crippen molar-refractivity contribution in [3.05, 3.63) is 65.7 Å². The first kappa shape index (κ1) is 16.9. The van der Waals surface area contributed by atoms with Crippen LogP contribution in [0.15, 0.2) is 64.1 Å². The molecule has 3 rings (SSSR count). The number of rotatable bonds is 5. The van der Waals surface area contributed by atoms with Crippen molar-refractivity contribution in [1.82, 2.24) is 10.2 Å². The van der Waals surface area contributed by atoms with Crippen LogP contribution in [-0.4, -0.2) is 24.5 Å². The fourth-order valence-electron chi connectivity index (χ4n) is 1.88. The van der Waals surface area contributed by atoms with Crippen molar-refractivity contribution < 1.29 is 17.6 Å². The molecule has 0 aliphatic carbocycles. The van der Waals surface area contributed by atoms with Gasteiger partial charge in [0, 0.05) is 5.69 Å². The van der Waals surface area contributed by atoms with E-state index in [1.54, 1.807) is 6.07 Å². The van der Waals surface area contributed by atoms with Gasteiger partial charge < -0.3 is 9.73 Å². The Kier molecular flexibility index (Phi) is 4.68. The molecule has 0 spiro atoms. The molecule has 2 N–H and O–H groups in total. The first-order valence-electron chi connectivity index (χ1n) is 6.91. The highest BCUT2D eigenvalue weighted by atomic mass is 35.5. The van der Waals surface area contributed by atoms with Crippen LogP contribution in [0.2, 0.25) is 5.15 Å². The smallest absolute Gasteiger partial charge is 0.291 e.